The molecule has 0 aromatic heterocycles. The van der Waals surface area contributed by atoms with E-state index in [0.717, 1.165) is 6.42 Å². The van der Waals surface area contributed by atoms with E-state index in [9.17, 15) is 0 Å². The van der Waals surface area contributed by atoms with Crippen LogP contribution in [-0.4, -0.2) is 0 Å². The lowest BCUT2D eigenvalue weighted by Gasteiger charge is -2.09. The molecule has 0 amide bonds. The first-order valence-corrected chi connectivity index (χ1v) is 11.6. The van der Waals surface area contributed by atoms with E-state index in [4.69, 9.17) is 0 Å². The molecular weight excluding hydrogens is 336 g/mol. The molecule has 3 rings (SSSR count). The fraction of sp³-hybridized carbons (Fsp3) is 0.464. The molecule has 0 spiro atoms. The van der Waals surface area contributed by atoms with E-state index >= 15 is 0 Å². The zero-order valence-corrected chi connectivity index (χ0v) is 17.6. The lowest BCUT2D eigenvalue weighted by atomic mass is 9.95. The summed E-state index contributed by atoms with van der Waals surface area (Å²) in [6.07, 6.45) is 17.6. The van der Waals surface area contributed by atoms with Crippen LogP contribution in [0.4, 0.5) is 0 Å². The molecule has 0 aliphatic carbocycles. The first-order valence-electron chi connectivity index (χ1n) is 11.6. The molecule has 0 atom stereocenters. The topological polar surface area (TPSA) is 0 Å². The van der Waals surface area contributed by atoms with E-state index in [1.807, 2.05) is 0 Å². The van der Waals surface area contributed by atoms with Crippen molar-refractivity contribution in [2.24, 2.45) is 0 Å². The third kappa shape index (κ3) is 6.09. The summed E-state index contributed by atoms with van der Waals surface area (Å²) >= 11 is 0. The van der Waals surface area contributed by atoms with Crippen LogP contribution in [0.1, 0.15) is 82.6 Å². The predicted octanol–water partition coefficient (Wildman–Crippen LogP) is 9.05. The van der Waals surface area contributed by atoms with Crippen LogP contribution in [-0.2, 0) is 6.42 Å². The Hall–Kier alpha value is -1.82. The highest BCUT2D eigenvalue weighted by atomic mass is 14.1. The molecule has 0 heteroatoms. The van der Waals surface area contributed by atoms with Crippen LogP contribution in [0.3, 0.4) is 0 Å². The average Bonchev–Trinajstić information content (AvgIpc) is 2.74. The zero-order chi connectivity index (χ0) is 19.4. The second kappa shape index (κ2) is 11.9. The van der Waals surface area contributed by atoms with Crippen molar-refractivity contribution in [2.75, 3.05) is 0 Å². The fourth-order valence-electron chi connectivity index (χ4n) is 4.41. The Balaban J connectivity index is 1.36. The van der Waals surface area contributed by atoms with E-state index in [-0.39, 0.29) is 0 Å². The number of rotatable bonds is 13. The lowest BCUT2D eigenvalue weighted by molar-refractivity contribution is 0.546. The van der Waals surface area contributed by atoms with Gasteiger partial charge in [-0.1, -0.05) is 132 Å². The van der Waals surface area contributed by atoms with E-state index < -0.39 is 0 Å². The van der Waals surface area contributed by atoms with Crippen LogP contribution < -0.4 is 0 Å². The molecule has 1 radical (unpaired) electrons. The molecule has 0 heterocycles. The highest BCUT2D eigenvalue weighted by Crippen LogP contribution is 2.28. The molecule has 0 unspecified atom stereocenters. The molecule has 0 fully saturated rings. The first-order chi connectivity index (χ1) is 13.9. The third-order valence-electron chi connectivity index (χ3n) is 6.07. The van der Waals surface area contributed by atoms with Crippen molar-refractivity contribution in [1.29, 1.82) is 0 Å². The summed E-state index contributed by atoms with van der Waals surface area (Å²) in [6.45, 7) is 3.91. The number of aryl methyl sites for hydroxylation is 1. The van der Waals surface area contributed by atoms with Crippen molar-refractivity contribution in [3.05, 3.63) is 67.1 Å². The maximum atomic E-state index is 3.91. The summed E-state index contributed by atoms with van der Waals surface area (Å²) in [5, 5.41) is 5.58. The Bertz CT molecular complexity index is 830. The molecule has 28 heavy (non-hydrogen) atoms. The van der Waals surface area contributed by atoms with Crippen LogP contribution in [0.15, 0.2) is 54.6 Å². The molecule has 3 aromatic rings. The van der Waals surface area contributed by atoms with Gasteiger partial charge in [0.25, 0.3) is 0 Å². The van der Waals surface area contributed by atoms with Gasteiger partial charge in [-0.3, -0.25) is 0 Å². The van der Waals surface area contributed by atoms with Gasteiger partial charge in [0.2, 0.25) is 0 Å². The van der Waals surface area contributed by atoms with Gasteiger partial charge in [-0.15, -0.1) is 0 Å². The zero-order valence-electron chi connectivity index (χ0n) is 17.6. The molecular formula is C28H37. The fourth-order valence-corrected chi connectivity index (χ4v) is 4.41. The van der Waals surface area contributed by atoms with Crippen LogP contribution in [0.2, 0.25) is 0 Å². The molecule has 0 nitrogen and oxygen atoms in total. The normalized spacial score (nSPS) is 11.5. The summed E-state index contributed by atoms with van der Waals surface area (Å²) in [6, 6.07) is 20.2. The Morgan fingerprint density at radius 2 is 1.07 bits per heavy atom. The van der Waals surface area contributed by atoms with E-state index in [2.05, 4.69) is 61.5 Å². The standard InChI is InChI=1S/C28H37/c1-2-3-4-5-6-7-8-9-10-11-12-13-17-24-19-16-21-28-26-20-15-14-18-25(26)22-23-27(24)28/h14-16,18-23H,1-13,17H2. The molecule has 0 bridgehead atoms. The Kier molecular flexibility index (Phi) is 8.88. The Morgan fingerprint density at radius 1 is 0.464 bits per heavy atom. The van der Waals surface area contributed by atoms with Gasteiger partial charge in [-0.05, 0) is 39.9 Å². The van der Waals surface area contributed by atoms with Crippen LogP contribution in [0.25, 0.3) is 21.5 Å². The maximum absolute atomic E-state index is 3.91. The van der Waals surface area contributed by atoms with Gasteiger partial charge < -0.3 is 0 Å². The molecule has 0 saturated carbocycles. The predicted molar refractivity (Wildman–Crippen MR) is 126 cm³/mol. The number of benzene rings is 3. The lowest BCUT2D eigenvalue weighted by Crippen LogP contribution is -1.89. The summed E-state index contributed by atoms with van der Waals surface area (Å²) in [4.78, 5) is 0. The maximum Gasteiger partial charge on any atom is -0.0103 e. The van der Waals surface area contributed by atoms with E-state index in [1.54, 1.807) is 0 Å². The minimum absolute atomic E-state index is 1.11. The number of hydrogen-bond acceptors (Lipinski definition) is 0. The SMILES string of the molecule is [CH2]CCCCCCCCCCCCCc1cccc2c1ccc1ccccc12. The first kappa shape index (κ1) is 20.9. The second-order valence-electron chi connectivity index (χ2n) is 8.29. The van der Waals surface area contributed by atoms with Gasteiger partial charge in [-0.2, -0.15) is 0 Å². The van der Waals surface area contributed by atoms with Crippen molar-refractivity contribution in [3.8, 4) is 0 Å². The Labute approximate surface area is 172 Å². The monoisotopic (exact) mass is 373 g/mol. The smallest absolute Gasteiger partial charge is 0.0103 e. The Morgan fingerprint density at radius 3 is 1.79 bits per heavy atom. The minimum atomic E-state index is 1.11. The summed E-state index contributed by atoms with van der Waals surface area (Å²) in [7, 11) is 0. The van der Waals surface area contributed by atoms with Gasteiger partial charge in [0.15, 0.2) is 0 Å². The van der Waals surface area contributed by atoms with Gasteiger partial charge in [0.05, 0.1) is 0 Å². The summed E-state index contributed by atoms with van der Waals surface area (Å²) in [5.41, 5.74) is 1.52. The van der Waals surface area contributed by atoms with Crippen LogP contribution in [0.5, 0.6) is 0 Å². The van der Waals surface area contributed by atoms with Gasteiger partial charge >= 0.3 is 0 Å². The quantitative estimate of drug-likeness (QED) is 0.207. The van der Waals surface area contributed by atoms with Crippen molar-refractivity contribution in [1.82, 2.24) is 0 Å². The van der Waals surface area contributed by atoms with Crippen molar-refractivity contribution < 1.29 is 0 Å². The number of hydrogen-bond donors (Lipinski definition) is 0. The van der Waals surface area contributed by atoms with Crippen molar-refractivity contribution in [3.63, 3.8) is 0 Å². The molecule has 0 aliphatic rings. The van der Waals surface area contributed by atoms with Gasteiger partial charge in [0, 0.05) is 0 Å². The van der Waals surface area contributed by atoms with Crippen molar-refractivity contribution in [2.45, 2.75) is 83.5 Å². The number of unbranched alkanes of at least 4 members (excludes halogenated alkanes) is 11. The molecule has 0 N–H and O–H groups in total. The van der Waals surface area contributed by atoms with Crippen molar-refractivity contribution >= 4 is 21.5 Å². The van der Waals surface area contributed by atoms with Crippen LogP contribution in [0, 0.1) is 6.92 Å². The van der Waals surface area contributed by atoms with Crippen LogP contribution >= 0.6 is 0 Å². The summed E-state index contributed by atoms with van der Waals surface area (Å²) < 4.78 is 0. The highest BCUT2D eigenvalue weighted by Gasteiger charge is 2.04. The number of fused-ring (bicyclic) bond motifs is 3. The third-order valence-corrected chi connectivity index (χ3v) is 6.07. The van der Waals surface area contributed by atoms with Gasteiger partial charge in [0.1, 0.15) is 0 Å². The summed E-state index contributed by atoms with van der Waals surface area (Å²) in [5.74, 6) is 0. The largest absolute Gasteiger partial charge is 0.0616 e. The van der Waals surface area contributed by atoms with Gasteiger partial charge in [-0.25, -0.2) is 0 Å². The highest BCUT2D eigenvalue weighted by molar-refractivity contribution is 6.08. The van der Waals surface area contributed by atoms with E-state index in [1.165, 1.54) is 104 Å². The van der Waals surface area contributed by atoms with E-state index in [0.29, 0.717) is 0 Å². The average molecular weight is 374 g/mol. The molecule has 3 aromatic carbocycles. The molecule has 0 aliphatic heterocycles. The minimum Gasteiger partial charge on any atom is -0.0616 e. The second-order valence-corrected chi connectivity index (χ2v) is 8.29. The molecule has 0 saturated heterocycles. The molecule has 149 valence electrons.